The summed E-state index contributed by atoms with van der Waals surface area (Å²) < 4.78 is 0. The number of nitrogens with zero attached hydrogens (tertiary/aromatic N) is 1. The summed E-state index contributed by atoms with van der Waals surface area (Å²) in [7, 11) is 2.14. The predicted molar refractivity (Wildman–Crippen MR) is 100 cm³/mol. The number of likely N-dealkylation sites (tertiary alicyclic amines) is 1. The molecule has 1 aromatic carbocycles. The van der Waals surface area contributed by atoms with Gasteiger partial charge in [0.25, 0.3) is 0 Å². The van der Waals surface area contributed by atoms with Crippen molar-refractivity contribution in [2.24, 2.45) is 5.92 Å². The van der Waals surface area contributed by atoms with Gasteiger partial charge in [-0.25, -0.2) is 5.43 Å². The average Bonchev–Trinajstić information content (AvgIpc) is 3.19. The molecular formula is C18H28ClN5O. The molecule has 4 N–H and O–H groups in total. The van der Waals surface area contributed by atoms with Gasteiger partial charge in [0.1, 0.15) is 6.04 Å². The summed E-state index contributed by atoms with van der Waals surface area (Å²) in [6.45, 7) is 2.93. The Kier molecular flexibility index (Phi) is 5.96. The Labute approximate surface area is 155 Å². The summed E-state index contributed by atoms with van der Waals surface area (Å²) in [5.74, 6) is 0.452. The smallest absolute Gasteiger partial charge is 0.239 e. The van der Waals surface area contributed by atoms with Gasteiger partial charge >= 0.3 is 0 Å². The largest absolute Gasteiger partial charge is 0.350 e. The number of carbonyl (C=O) groups excluding carboxylic acids is 1. The number of rotatable bonds is 3. The van der Waals surface area contributed by atoms with Gasteiger partial charge in [-0.2, -0.15) is 0 Å². The van der Waals surface area contributed by atoms with Gasteiger partial charge in [-0.1, -0.05) is 30.3 Å². The molecule has 5 unspecified atom stereocenters. The van der Waals surface area contributed by atoms with E-state index in [1.54, 1.807) is 0 Å². The van der Waals surface area contributed by atoms with E-state index >= 15 is 0 Å². The lowest BCUT2D eigenvalue weighted by Gasteiger charge is -2.30. The summed E-state index contributed by atoms with van der Waals surface area (Å²) in [6, 6.07) is 11.2. The molecule has 3 aliphatic heterocycles. The van der Waals surface area contributed by atoms with Crippen LogP contribution in [-0.2, 0) is 4.79 Å². The molecule has 5 atom stereocenters. The Morgan fingerprint density at radius 3 is 2.80 bits per heavy atom. The van der Waals surface area contributed by atoms with Crippen molar-refractivity contribution in [1.29, 1.82) is 0 Å². The van der Waals surface area contributed by atoms with Crippen LogP contribution >= 0.6 is 12.4 Å². The number of hydrogen-bond acceptors (Lipinski definition) is 5. The van der Waals surface area contributed by atoms with E-state index in [9.17, 15) is 4.79 Å². The van der Waals surface area contributed by atoms with Crippen LogP contribution in [0, 0.1) is 5.92 Å². The molecule has 3 aliphatic rings. The third-order valence-corrected chi connectivity index (χ3v) is 5.78. The van der Waals surface area contributed by atoms with Gasteiger partial charge in [0.2, 0.25) is 5.91 Å². The molecule has 6 nitrogen and oxygen atoms in total. The Hall–Kier alpha value is -1.18. The normalized spacial score (nSPS) is 35.0. The maximum atomic E-state index is 12.9. The highest BCUT2D eigenvalue weighted by Gasteiger charge is 2.43. The summed E-state index contributed by atoms with van der Waals surface area (Å²) in [5, 5.41) is 6.73. The molecule has 0 radical (unpaired) electrons. The Morgan fingerprint density at radius 2 is 2.00 bits per heavy atom. The molecule has 7 heteroatoms. The van der Waals surface area contributed by atoms with Gasteiger partial charge in [-0.3, -0.25) is 15.1 Å². The number of hydrogen-bond donors (Lipinski definition) is 4. The molecule has 138 valence electrons. The number of nitrogens with one attached hydrogen (secondary N) is 4. The van der Waals surface area contributed by atoms with Crippen LogP contribution in [0.2, 0.25) is 0 Å². The van der Waals surface area contributed by atoms with Crippen LogP contribution < -0.4 is 21.5 Å². The first-order chi connectivity index (χ1) is 11.7. The molecule has 3 fully saturated rings. The van der Waals surface area contributed by atoms with Crippen LogP contribution in [0.3, 0.4) is 0 Å². The molecule has 0 saturated carbocycles. The number of amides is 1. The quantitative estimate of drug-likeness (QED) is 0.625. The number of benzene rings is 1. The van der Waals surface area contributed by atoms with E-state index in [1.165, 1.54) is 5.56 Å². The third-order valence-electron chi connectivity index (χ3n) is 5.78. The van der Waals surface area contributed by atoms with Crippen LogP contribution in [-0.4, -0.2) is 55.6 Å². The van der Waals surface area contributed by atoms with Crippen LogP contribution in [0.25, 0.3) is 0 Å². The highest BCUT2D eigenvalue weighted by Crippen LogP contribution is 2.31. The molecule has 25 heavy (non-hydrogen) atoms. The molecule has 0 aromatic heterocycles. The van der Waals surface area contributed by atoms with Crippen molar-refractivity contribution in [3.05, 3.63) is 35.9 Å². The summed E-state index contributed by atoms with van der Waals surface area (Å²) >= 11 is 0. The van der Waals surface area contributed by atoms with Crippen LogP contribution in [0.1, 0.15) is 24.4 Å². The van der Waals surface area contributed by atoms with Crippen LogP contribution in [0.4, 0.5) is 0 Å². The van der Waals surface area contributed by atoms with E-state index in [4.69, 9.17) is 0 Å². The van der Waals surface area contributed by atoms with Crippen molar-refractivity contribution >= 4 is 18.3 Å². The van der Waals surface area contributed by atoms with Crippen LogP contribution in [0.5, 0.6) is 0 Å². The number of carbonyl (C=O) groups is 1. The number of piperidine rings is 1. The molecule has 1 aromatic rings. The fraction of sp³-hybridized carbons (Fsp3) is 0.611. The standard InChI is InChI=1S/C18H27N5O.ClH/c1-23-10-8-15(17(23)12-5-3-2-4-6-12)20-18(24)16-13-11-19-9-7-14(13)21-22-16;/h2-6,13-17,19,21-22H,7-11H2,1H3,(H,20,24);1H. The average molecular weight is 366 g/mol. The number of halogens is 1. The molecule has 3 saturated heterocycles. The minimum Gasteiger partial charge on any atom is -0.350 e. The predicted octanol–water partition coefficient (Wildman–Crippen LogP) is 0.424. The minimum absolute atomic E-state index is 0. The molecule has 0 spiro atoms. The Morgan fingerprint density at radius 1 is 1.20 bits per heavy atom. The second-order valence-corrected chi connectivity index (χ2v) is 7.27. The number of fused-ring (bicyclic) bond motifs is 1. The van der Waals surface area contributed by atoms with Crippen molar-refractivity contribution in [2.75, 3.05) is 26.7 Å². The van der Waals surface area contributed by atoms with Crippen molar-refractivity contribution < 1.29 is 4.79 Å². The van der Waals surface area contributed by atoms with E-state index in [1.807, 2.05) is 6.07 Å². The summed E-state index contributed by atoms with van der Waals surface area (Å²) in [5.41, 5.74) is 7.80. The highest BCUT2D eigenvalue weighted by molar-refractivity contribution is 5.85. The van der Waals surface area contributed by atoms with Gasteiger partial charge < -0.3 is 10.6 Å². The lowest BCUT2D eigenvalue weighted by Crippen LogP contribution is -2.52. The van der Waals surface area contributed by atoms with Gasteiger partial charge in [0.05, 0.1) is 6.04 Å². The monoisotopic (exact) mass is 365 g/mol. The first kappa shape index (κ1) is 18.6. The zero-order chi connectivity index (χ0) is 16.5. The molecular weight excluding hydrogens is 338 g/mol. The minimum atomic E-state index is -0.148. The van der Waals surface area contributed by atoms with E-state index in [-0.39, 0.29) is 36.4 Å². The van der Waals surface area contributed by atoms with Gasteiger partial charge in [0, 0.05) is 31.1 Å². The highest BCUT2D eigenvalue weighted by atomic mass is 35.5. The zero-order valence-electron chi connectivity index (χ0n) is 14.6. The topological polar surface area (TPSA) is 68.4 Å². The second-order valence-electron chi connectivity index (χ2n) is 7.27. The molecule has 1 amide bonds. The van der Waals surface area contributed by atoms with Gasteiger partial charge in [-0.05, 0) is 32.0 Å². The van der Waals surface area contributed by atoms with Gasteiger partial charge in [0.15, 0.2) is 0 Å². The van der Waals surface area contributed by atoms with E-state index < -0.39 is 0 Å². The van der Waals surface area contributed by atoms with Gasteiger partial charge in [-0.15, -0.1) is 12.4 Å². The van der Waals surface area contributed by atoms with E-state index in [0.717, 1.165) is 32.5 Å². The van der Waals surface area contributed by atoms with Crippen LogP contribution in [0.15, 0.2) is 30.3 Å². The van der Waals surface area contributed by atoms with Crippen molar-refractivity contribution in [2.45, 2.75) is 37.0 Å². The molecule has 0 aliphatic carbocycles. The lowest BCUT2D eigenvalue weighted by atomic mass is 9.88. The summed E-state index contributed by atoms with van der Waals surface area (Å²) in [6.07, 6.45) is 2.06. The fourth-order valence-electron chi connectivity index (χ4n) is 4.48. The number of likely N-dealkylation sites (N-methyl/N-ethyl adjacent to an activating group) is 1. The summed E-state index contributed by atoms with van der Waals surface area (Å²) in [4.78, 5) is 15.2. The fourth-order valence-corrected chi connectivity index (χ4v) is 4.48. The van der Waals surface area contributed by atoms with E-state index in [0.29, 0.717) is 12.0 Å². The van der Waals surface area contributed by atoms with Crippen molar-refractivity contribution in [3.63, 3.8) is 0 Å². The SMILES string of the molecule is CN1CCC(NC(=O)C2NNC3CCNCC32)C1c1ccccc1.Cl. The Bertz CT molecular complexity index is 586. The molecule has 4 rings (SSSR count). The Balaban J connectivity index is 0.00000182. The van der Waals surface area contributed by atoms with E-state index in [2.05, 4.69) is 57.7 Å². The zero-order valence-corrected chi connectivity index (χ0v) is 15.4. The maximum absolute atomic E-state index is 12.9. The lowest BCUT2D eigenvalue weighted by molar-refractivity contribution is -0.124. The molecule has 3 heterocycles. The first-order valence-electron chi connectivity index (χ1n) is 9.01. The van der Waals surface area contributed by atoms with Crippen molar-refractivity contribution in [3.8, 4) is 0 Å². The second kappa shape index (κ2) is 8.01. The third kappa shape index (κ3) is 3.68. The molecule has 0 bridgehead atoms. The first-order valence-corrected chi connectivity index (χ1v) is 9.01. The van der Waals surface area contributed by atoms with Crippen molar-refractivity contribution in [1.82, 2.24) is 26.4 Å². The maximum Gasteiger partial charge on any atom is 0.239 e. The number of hydrazine groups is 1.